The Kier molecular flexibility index (Phi) is 7.20. The highest BCUT2D eigenvalue weighted by molar-refractivity contribution is 5.82. The van der Waals surface area contributed by atoms with E-state index in [4.69, 9.17) is 0 Å². The van der Waals surface area contributed by atoms with Crippen LogP contribution in [0, 0.1) is 5.92 Å². The predicted molar refractivity (Wildman–Crippen MR) is 69.5 cm³/mol. The maximum absolute atomic E-state index is 11.7. The molecule has 1 heteroatoms. The van der Waals surface area contributed by atoms with Crippen LogP contribution in [0.2, 0.25) is 0 Å². The molecule has 0 aromatic rings. The SMILES string of the molecule is CCCCCC/C=C/CC(=O)C1CCCC1. The van der Waals surface area contributed by atoms with Gasteiger partial charge in [0.05, 0.1) is 0 Å². The van der Waals surface area contributed by atoms with Gasteiger partial charge in [-0.2, -0.15) is 0 Å². The first kappa shape index (κ1) is 13.5. The lowest BCUT2D eigenvalue weighted by molar-refractivity contribution is -0.121. The number of hydrogen-bond acceptors (Lipinski definition) is 1. The molecule has 0 aromatic carbocycles. The first-order chi connectivity index (χ1) is 7.84. The van der Waals surface area contributed by atoms with Gasteiger partial charge in [0.25, 0.3) is 0 Å². The molecule has 92 valence electrons. The Labute approximate surface area is 100 Å². The van der Waals surface area contributed by atoms with Crippen LogP contribution >= 0.6 is 0 Å². The van der Waals surface area contributed by atoms with Gasteiger partial charge >= 0.3 is 0 Å². The summed E-state index contributed by atoms with van der Waals surface area (Å²) < 4.78 is 0. The highest BCUT2D eigenvalue weighted by Gasteiger charge is 2.20. The summed E-state index contributed by atoms with van der Waals surface area (Å²) in [6.45, 7) is 2.23. The monoisotopic (exact) mass is 222 g/mol. The van der Waals surface area contributed by atoms with Gasteiger partial charge in [0.2, 0.25) is 0 Å². The van der Waals surface area contributed by atoms with Crippen LogP contribution in [0.4, 0.5) is 0 Å². The maximum Gasteiger partial charge on any atom is 0.139 e. The van der Waals surface area contributed by atoms with Gasteiger partial charge in [-0.15, -0.1) is 0 Å². The summed E-state index contributed by atoms with van der Waals surface area (Å²) in [5.74, 6) is 0.868. The molecule has 16 heavy (non-hydrogen) atoms. The minimum Gasteiger partial charge on any atom is -0.299 e. The molecule has 0 amide bonds. The van der Waals surface area contributed by atoms with Crippen molar-refractivity contribution in [1.82, 2.24) is 0 Å². The number of allylic oxidation sites excluding steroid dienone is 2. The van der Waals surface area contributed by atoms with Crippen LogP contribution in [0.25, 0.3) is 0 Å². The second-order valence-electron chi connectivity index (χ2n) is 4.97. The molecule has 0 heterocycles. The van der Waals surface area contributed by atoms with Crippen LogP contribution in [0.5, 0.6) is 0 Å². The van der Waals surface area contributed by atoms with Crippen molar-refractivity contribution < 1.29 is 4.79 Å². The summed E-state index contributed by atoms with van der Waals surface area (Å²) in [5.41, 5.74) is 0. The molecule has 0 radical (unpaired) electrons. The Morgan fingerprint density at radius 3 is 2.56 bits per heavy atom. The summed E-state index contributed by atoms with van der Waals surface area (Å²) in [7, 11) is 0. The minimum atomic E-state index is 0.393. The molecule has 0 N–H and O–H groups in total. The molecule has 1 saturated carbocycles. The average Bonchev–Trinajstić information content (AvgIpc) is 2.81. The summed E-state index contributed by atoms with van der Waals surface area (Å²) >= 11 is 0. The van der Waals surface area contributed by atoms with E-state index < -0.39 is 0 Å². The molecule has 0 unspecified atom stereocenters. The second kappa shape index (κ2) is 8.55. The van der Waals surface area contributed by atoms with Gasteiger partial charge < -0.3 is 0 Å². The van der Waals surface area contributed by atoms with Gasteiger partial charge in [-0.1, -0.05) is 51.2 Å². The lowest BCUT2D eigenvalue weighted by Gasteiger charge is -2.04. The van der Waals surface area contributed by atoms with E-state index in [9.17, 15) is 4.79 Å². The predicted octanol–water partition coefficient (Wildman–Crippen LogP) is 4.66. The van der Waals surface area contributed by atoms with Crippen LogP contribution in [0.1, 0.15) is 71.1 Å². The van der Waals surface area contributed by atoms with E-state index in [1.807, 2.05) is 0 Å². The van der Waals surface area contributed by atoms with Crippen molar-refractivity contribution in [3.63, 3.8) is 0 Å². The minimum absolute atomic E-state index is 0.393. The molecule has 1 nitrogen and oxygen atoms in total. The molecule has 0 spiro atoms. The summed E-state index contributed by atoms with van der Waals surface area (Å²) in [6.07, 6.45) is 16.2. The van der Waals surface area contributed by atoms with E-state index in [-0.39, 0.29) is 0 Å². The molecular formula is C15H26O. The molecule has 0 saturated heterocycles. The average molecular weight is 222 g/mol. The Balaban J connectivity index is 2.00. The molecule has 1 aliphatic carbocycles. The second-order valence-corrected chi connectivity index (χ2v) is 4.97. The lowest BCUT2D eigenvalue weighted by atomic mass is 10.00. The fourth-order valence-electron chi connectivity index (χ4n) is 2.42. The van der Waals surface area contributed by atoms with Crippen LogP contribution in [-0.4, -0.2) is 5.78 Å². The zero-order valence-electron chi connectivity index (χ0n) is 10.7. The molecule has 0 aromatic heterocycles. The van der Waals surface area contributed by atoms with E-state index in [1.165, 1.54) is 38.5 Å². The van der Waals surface area contributed by atoms with Crippen molar-refractivity contribution in [2.75, 3.05) is 0 Å². The van der Waals surface area contributed by atoms with Crippen molar-refractivity contribution in [2.45, 2.75) is 71.1 Å². The Bertz CT molecular complexity index is 211. The number of carbonyl (C=O) groups excluding carboxylic acids is 1. The Hall–Kier alpha value is -0.590. The number of hydrogen-bond donors (Lipinski definition) is 0. The Morgan fingerprint density at radius 2 is 1.88 bits per heavy atom. The summed E-state index contributed by atoms with van der Waals surface area (Å²) in [5, 5.41) is 0. The van der Waals surface area contributed by atoms with Crippen molar-refractivity contribution in [3.8, 4) is 0 Å². The quantitative estimate of drug-likeness (QED) is 0.431. The number of ketones is 1. The molecular weight excluding hydrogens is 196 g/mol. The molecule has 1 rings (SSSR count). The van der Waals surface area contributed by atoms with E-state index in [0.29, 0.717) is 18.1 Å². The van der Waals surface area contributed by atoms with Crippen molar-refractivity contribution in [2.24, 2.45) is 5.92 Å². The standard InChI is InChI=1S/C15H26O/c1-2-3-4-5-6-7-8-13-15(16)14-11-9-10-12-14/h7-8,14H,2-6,9-13H2,1H3/b8-7+. The highest BCUT2D eigenvalue weighted by atomic mass is 16.1. The Morgan fingerprint density at radius 1 is 1.12 bits per heavy atom. The first-order valence-corrected chi connectivity index (χ1v) is 7.02. The van der Waals surface area contributed by atoms with E-state index >= 15 is 0 Å². The third kappa shape index (κ3) is 5.48. The maximum atomic E-state index is 11.7. The topological polar surface area (TPSA) is 17.1 Å². The molecule has 0 bridgehead atoms. The fourth-order valence-corrected chi connectivity index (χ4v) is 2.42. The lowest BCUT2D eigenvalue weighted by Crippen LogP contribution is -2.08. The van der Waals surface area contributed by atoms with Crippen LogP contribution in [-0.2, 0) is 4.79 Å². The van der Waals surface area contributed by atoms with Gasteiger partial charge in [0.1, 0.15) is 5.78 Å². The first-order valence-electron chi connectivity index (χ1n) is 7.02. The number of Topliss-reactive ketones (excluding diaryl/α,β-unsaturated/α-hetero) is 1. The van der Waals surface area contributed by atoms with Crippen molar-refractivity contribution in [1.29, 1.82) is 0 Å². The summed E-state index contributed by atoms with van der Waals surface area (Å²) in [4.78, 5) is 11.7. The van der Waals surface area contributed by atoms with Crippen LogP contribution in [0.3, 0.4) is 0 Å². The largest absolute Gasteiger partial charge is 0.299 e. The van der Waals surface area contributed by atoms with E-state index in [2.05, 4.69) is 19.1 Å². The molecule has 1 aliphatic rings. The van der Waals surface area contributed by atoms with Crippen LogP contribution < -0.4 is 0 Å². The zero-order valence-corrected chi connectivity index (χ0v) is 10.7. The number of unbranched alkanes of at least 4 members (excludes halogenated alkanes) is 4. The van der Waals surface area contributed by atoms with Crippen molar-refractivity contribution >= 4 is 5.78 Å². The smallest absolute Gasteiger partial charge is 0.139 e. The third-order valence-corrected chi connectivity index (χ3v) is 3.52. The fraction of sp³-hybridized carbons (Fsp3) is 0.800. The number of carbonyl (C=O) groups is 1. The normalized spacial score (nSPS) is 17.3. The van der Waals surface area contributed by atoms with Gasteiger partial charge in [-0.3, -0.25) is 4.79 Å². The van der Waals surface area contributed by atoms with Gasteiger partial charge in [0, 0.05) is 12.3 Å². The summed E-state index contributed by atoms with van der Waals surface area (Å²) in [6, 6.07) is 0. The third-order valence-electron chi connectivity index (χ3n) is 3.52. The zero-order chi connectivity index (χ0) is 11.6. The van der Waals surface area contributed by atoms with Crippen molar-refractivity contribution in [3.05, 3.63) is 12.2 Å². The molecule has 1 fully saturated rings. The highest BCUT2D eigenvalue weighted by Crippen LogP contribution is 2.26. The number of rotatable bonds is 8. The molecule has 0 aliphatic heterocycles. The van der Waals surface area contributed by atoms with Gasteiger partial charge in [-0.25, -0.2) is 0 Å². The van der Waals surface area contributed by atoms with Crippen LogP contribution in [0.15, 0.2) is 12.2 Å². The van der Waals surface area contributed by atoms with Gasteiger partial charge in [-0.05, 0) is 25.7 Å². The van der Waals surface area contributed by atoms with E-state index in [1.54, 1.807) is 0 Å². The van der Waals surface area contributed by atoms with Gasteiger partial charge in [0.15, 0.2) is 0 Å². The molecule has 0 atom stereocenters. The van der Waals surface area contributed by atoms with E-state index in [0.717, 1.165) is 19.3 Å².